The molecule has 0 saturated heterocycles. The molecule has 3 atom stereocenters. The van der Waals surface area contributed by atoms with Gasteiger partial charge in [-0.15, -0.1) is 0 Å². The number of carbonyl (C=O) groups excluding carboxylic acids is 3. The normalized spacial score (nSPS) is 19.3. The molecule has 1 saturated carbocycles. The number of nitrogen functional groups attached to an aromatic ring is 1. The van der Waals surface area contributed by atoms with E-state index in [-0.39, 0.29) is 48.3 Å². The molecule has 250 valence electrons. The average Bonchev–Trinajstić information content (AvgIpc) is 3.08. The van der Waals surface area contributed by atoms with Crippen molar-refractivity contribution in [3.05, 3.63) is 83.4 Å². The van der Waals surface area contributed by atoms with Crippen molar-refractivity contribution in [2.75, 3.05) is 43.1 Å². The smallest absolute Gasteiger partial charge is 0.258 e. The number of para-hydroxylation sites is 3. The third-order valence-electron chi connectivity index (χ3n) is 9.29. The Balaban J connectivity index is 1.32. The molecule has 1 aliphatic carbocycles. The van der Waals surface area contributed by atoms with E-state index in [0.29, 0.717) is 53.6 Å². The van der Waals surface area contributed by atoms with Crippen LogP contribution in [-0.2, 0) is 11.3 Å². The van der Waals surface area contributed by atoms with Crippen LogP contribution in [0.2, 0.25) is 0 Å². The molecule has 0 unspecified atom stereocenters. The van der Waals surface area contributed by atoms with E-state index < -0.39 is 0 Å². The Morgan fingerprint density at radius 2 is 1.70 bits per heavy atom. The molecule has 2 aliphatic rings. The lowest BCUT2D eigenvalue weighted by Gasteiger charge is -2.38. The topological polar surface area (TPSA) is 137 Å². The van der Waals surface area contributed by atoms with Gasteiger partial charge >= 0.3 is 0 Å². The highest BCUT2D eigenvalue weighted by Crippen LogP contribution is 2.36. The van der Waals surface area contributed by atoms with E-state index in [1.807, 2.05) is 45.2 Å². The molecule has 3 aromatic rings. The monoisotopic (exact) mass is 641 g/mol. The number of carbonyl (C=O) groups is 3. The summed E-state index contributed by atoms with van der Waals surface area (Å²) >= 11 is 0. The zero-order valence-corrected chi connectivity index (χ0v) is 27.6. The van der Waals surface area contributed by atoms with Gasteiger partial charge in [-0.3, -0.25) is 19.3 Å². The van der Waals surface area contributed by atoms with Crippen molar-refractivity contribution < 1.29 is 24.2 Å². The highest BCUT2D eigenvalue weighted by atomic mass is 16.5. The van der Waals surface area contributed by atoms with Crippen molar-refractivity contribution in [2.24, 2.45) is 11.8 Å². The van der Waals surface area contributed by atoms with E-state index >= 15 is 0 Å². The van der Waals surface area contributed by atoms with Gasteiger partial charge in [0.1, 0.15) is 6.10 Å². The summed E-state index contributed by atoms with van der Waals surface area (Å²) in [5, 5.41) is 16.0. The van der Waals surface area contributed by atoms with Gasteiger partial charge in [0, 0.05) is 37.0 Å². The molecule has 0 aromatic heterocycles. The predicted molar refractivity (Wildman–Crippen MR) is 184 cm³/mol. The Labute approximate surface area is 277 Å². The van der Waals surface area contributed by atoms with Crippen LogP contribution < -0.4 is 21.1 Å². The molecule has 1 aliphatic heterocycles. The van der Waals surface area contributed by atoms with Gasteiger partial charge in [-0.2, -0.15) is 0 Å². The van der Waals surface area contributed by atoms with E-state index in [1.54, 1.807) is 47.4 Å². The molecule has 3 amide bonds. The second-order valence-corrected chi connectivity index (χ2v) is 13.1. The second kappa shape index (κ2) is 15.5. The van der Waals surface area contributed by atoms with Gasteiger partial charge < -0.3 is 31.1 Å². The first kappa shape index (κ1) is 33.9. The van der Waals surface area contributed by atoms with Gasteiger partial charge in [0.25, 0.3) is 11.8 Å². The number of hydrogen-bond acceptors (Lipinski definition) is 7. The van der Waals surface area contributed by atoms with Crippen LogP contribution in [0.25, 0.3) is 0 Å². The molecule has 10 nitrogen and oxygen atoms in total. The maximum Gasteiger partial charge on any atom is 0.258 e. The lowest BCUT2D eigenvalue weighted by atomic mass is 9.88. The molecule has 5 rings (SSSR count). The molecule has 1 heterocycles. The summed E-state index contributed by atoms with van der Waals surface area (Å²) < 4.78 is 6.70. The fourth-order valence-corrected chi connectivity index (χ4v) is 6.41. The number of hydrogen-bond donors (Lipinski definition) is 4. The van der Waals surface area contributed by atoms with Crippen molar-refractivity contribution in [1.29, 1.82) is 0 Å². The molecule has 1 fully saturated rings. The van der Waals surface area contributed by atoms with Crippen LogP contribution >= 0.6 is 0 Å². The summed E-state index contributed by atoms with van der Waals surface area (Å²) in [5.74, 6) is -0.264. The number of aliphatic hydroxyl groups excluding tert-OH is 1. The first-order valence-electron chi connectivity index (χ1n) is 16.6. The summed E-state index contributed by atoms with van der Waals surface area (Å²) in [6.07, 6.45) is 4.63. The molecule has 3 aromatic carbocycles. The first-order chi connectivity index (χ1) is 22.6. The van der Waals surface area contributed by atoms with Crippen molar-refractivity contribution in [3.8, 4) is 5.75 Å². The number of nitrogens with two attached hydrogens (primary N) is 1. The number of anilines is 3. The zero-order chi connectivity index (χ0) is 33.5. The van der Waals surface area contributed by atoms with Crippen LogP contribution in [0.4, 0.5) is 17.1 Å². The molecule has 0 radical (unpaired) electrons. The van der Waals surface area contributed by atoms with Crippen LogP contribution in [0.3, 0.4) is 0 Å². The van der Waals surface area contributed by atoms with Crippen LogP contribution in [-0.4, -0.2) is 71.5 Å². The number of amides is 3. The molecule has 0 bridgehead atoms. The Morgan fingerprint density at radius 3 is 2.40 bits per heavy atom. The highest BCUT2D eigenvalue weighted by Gasteiger charge is 2.35. The SMILES string of the molecule is C[C@H]1CN([C@@H](C)CO)C(=O)c2cccc(NC(=O)C3CCCCC3)c2O[C@H]1CN(C)Cc1ccc(C(=O)Nc2ccccc2N)cc1. The van der Waals surface area contributed by atoms with Gasteiger partial charge in [-0.05, 0) is 68.8 Å². The van der Waals surface area contributed by atoms with Crippen molar-refractivity contribution >= 4 is 34.8 Å². The van der Waals surface area contributed by atoms with E-state index in [4.69, 9.17) is 10.5 Å². The standard InChI is InChI=1S/C37H47N5O5/c1-24-20-42(25(2)23-43)37(46)29-12-9-15-32(40-35(44)27-10-5-4-6-11-27)34(29)47-33(24)22-41(3)21-26-16-18-28(19-17-26)36(45)39-31-14-8-7-13-30(31)38/h7-9,12-19,24-25,27,33,43H,4-6,10-11,20-23,38H2,1-3H3,(H,39,45)(H,40,44)/t24-,25-,33-/m0/s1. The number of fused-ring (bicyclic) bond motifs is 1. The molecular weight excluding hydrogens is 594 g/mol. The number of likely N-dealkylation sites (N-methyl/N-ethyl adjacent to an activating group) is 1. The minimum Gasteiger partial charge on any atom is -0.486 e. The van der Waals surface area contributed by atoms with E-state index in [1.165, 1.54) is 0 Å². The quantitative estimate of drug-likeness (QED) is 0.218. The van der Waals surface area contributed by atoms with E-state index in [9.17, 15) is 19.5 Å². The third-order valence-corrected chi connectivity index (χ3v) is 9.29. The largest absolute Gasteiger partial charge is 0.486 e. The highest BCUT2D eigenvalue weighted by molar-refractivity contribution is 6.05. The minimum absolute atomic E-state index is 0.0390. The van der Waals surface area contributed by atoms with Gasteiger partial charge in [-0.25, -0.2) is 0 Å². The first-order valence-corrected chi connectivity index (χ1v) is 16.6. The fraction of sp³-hybridized carbons (Fsp3) is 0.432. The van der Waals surface area contributed by atoms with E-state index in [0.717, 1.165) is 37.7 Å². The fourth-order valence-electron chi connectivity index (χ4n) is 6.41. The Hall–Kier alpha value is -4.41. The van der Waals surface area contributed by atoms with Crippen molar-refractivity contribution in [3.63, 3.8) is 0 Å². The average molecular weight is 642 g/mol. The number of nitrogens with zero attached hydrogens (tertiary/aromatic N) is 2. The summed E-state index contributed by atoms with van der Waals surface area (Å²) in [4.78, 5) is 43.7. The Morgan fingerprint density at radius 1 is 1.00 bits per heavy atom. The van der Waals surface area contributed by atoms with E-state index in [2.05, 4.69) is 15.5 Å². The summed E-state index contributed by atoms with van der Waals surface area (Å²) in [5.41, 5.74) is 9.47. The second-order valence-electron chi connectivity index (χ2n) is 13.1. The summed E-state index contributed by atoms with van der Waals surface area (Å²) in [6.45, 7) is 5.27. The number of ether oxygens (including phenoxy) is 1. The number of aliphatic hydroxyl groups is 1. The Bertz CT molecular complexity index is 1550. The maximum atomic E-state index is 13.8. The molecule has 10 heteroatoms. The van der Waals surface area contributed by atoms with Crippen LogP contribution in [0.15, 0.2) is 66.7 Å². The molecule has 0 spiro atoms. The van der Waals surface area contributed by atoms with Crippen LogP contribution in [0.1, 0.15) is 72.2 Å². The molecule has 5 N–H and O–H groups in total. The van der Waals surface area contributed by atoms with Crippen molar-refractivity contribution in [1.82, 2.24) is 9.80 Å². The van der Waals surface area contributed by atoms with Gasteiger partial charge in [-0.1, -0.05) is 56.5 Å². The predicted octanol–water partition coefficient (Wildman–Crippen LogP) is 5.39. The van der Waals surface area contributed by atoms with Gasteiger partial charge in [0.15, 0.2) is 5.75 Å². The molecular formula is C37H47N5O5. The van der Waals surface area contributed by atoms with Crippen LogP contribution in [0, 0.1) is 11.8 Å². The van der Waals surface area contributed by atoms with Crippen LogP contribution in [0.5, 0.6) is 5.75 Å². The van der Waals surface area contributed by atoms with Gasteiger partial charge in [0.2, 0.25) is 5.91 Å². The molecule has 47 heavy (non-hydrogen) atoms. The van der Waals surface area contributed by atoms with Crippen molar-refractivity contribution in [2.45, 2.75) is 64.6 Å². The number of benzene rings is 3. The lowest BCUT2D eigenvalue weighted by molar-refractivity contribution is -0.120. The minimum atomic E-state index is -0.385. The number of nitrogens with one attached hydrogen (secondary N) is 2. The summed E-state index contributed by atoms with van der Waals surface area (Å²) in [6, 6.07) is 19.5. The summed E-state index contributed by atoms with van der Waals surface area (Å²) in [7, 11) is 2.00. The Kier molecular flexibility index (Phi) is 11.2. The number of rotatable bonds is 10. The zero-order valence-electron chi connectivity index (χ0n) is 27.6. The maximum absolute atomic E-state index is 13.8. The van der Waals surface area contributed by atoms with Gasteiger partial charge in [0.05, 0.1) is 35.3 Å². The third kappa shape index (κ3) is 8.31. The lowest BCUT2D eigenvalue weighted by Crippen LogP contribution is -2.49.